The molecule has 2 aromatic rings. The summed E-state index contributed by atoms with van der Waals surface area (Å²) in [7, 11) is 0. The fraction of sp³-hybridized carbons (Fsp3) is 0.200. The molecule has 0 radical (unpaired) electrons. The molecule has 21 heavy (non-hydrogen) atoms. The van der Waals surface area contributed by atoms with Gasteiger partial charge in [-0.3, -0.25) is 0 Å². The Morgan fingerprint density at radius 2 is 1.14 bits per heavy atom. The van der Waals surface area contributed by atoms with Crippen LogP contribution in [-0.4, -0.2) is 36.7 Å². The molecule has 0 bridgehead atoms. The second kappa shape index (κ2) is 5.80. The average molecular weight is 292 g/mol. The van der Waals surface area contributed by atoms with E-state index in [1.165, 1.54) is 18.2 Å². The Labute approximate surface area is 120 Å². The van der Waals surface area contributed by atoms with Crippen molar-refractivity contribution in [1.82, 2.24) is 0 Å². The van der Waals surface area contributed by atoms with Gasteiger partial charge in [0, 0.05) is 30.2 Å². The van der Waals surface area contributed by atoms with E-state index in [-0.39, 0.29) is 47.2 Å². The molecule has 0 saturated carbocycles. The van der Waals surface area contributed by atoms with Crippen LogP contribution in [0.3, 0.4) is 0 Å². The van der Waals surface area contributed by atoms with E-state index in [0.29, 0.717) is 5.56 Å². The van der Waals surface area contributed by atoms with Crippen LogP contribution in [0.25, 0.3) is 0 Å². The van der Waals surface area contributed by atoms with Crippen molar-refractivity contribution in [3.05, 3.63) is 41.5 Å². The third-order valence-corrected chi connectivity index (χ3v) is 3.06. The van der Waals surface area contributed by atoms with Gasteiger partial charge >= 0.3 is 0 Å². The highest BCUT2D eigenvalue weighted by Gasteiger charge is 2.15. The minimum Gasteiger partial charge on any atom is -0.508 e. The standard InChI is InChI=1S/C15H16O6/c16-9-1-8(2-10(17)4-9)3-11(18)5-13-14(20)6-12(19)7-15(13)21/h1-2,4,6-7,11,16-21H,3,5H2. The monoisotopic (exact) mass is 292 g/mol. The van der Waals surface area contributed by atoms with E-state index in [4.69, 9.17) is 0 Å². The molecule has 0 fully saturated rings. The lowest BCUT2D eigenvalue weighted by atomic mass is 9.99. The highest BCUT2D eigenvalue weighted by molar-refractivity contribution is 5.49. The van der Waals surface area contributed by atoms with E-state index in [2.05, 4.69) is 0 Å². The Balaban J connectivity index is 2.13. The lowest BCUT2D eigenvalue weighted by Gasteiger charge is -2.14. The molecule has 1 atom stereocenters. The first-order valence-corrected chi connectivity index (χ1v) is 6.29. The molecule has 0 spiro atoms. The van der Waals surface area contributed by atoms with Crippen LogP contribution in [-0.2, 0) is 12.8 Å². The highest BCUT2D eigenvalue weighted by Crippen LogP contribution is 2.33. The number of hydrogen-bond donors (Lipinski definition) is 6. The summed E-state index contributed by atoms with van der Waals surface area (Å²) in [5.41, 5.74) is 0.627. The molecule has 6 N–H and O–H groups in total. The van der Waals surface area contributed by atoms with Crippen LogP contribution < -0.4 is 0 Å². The zero-order valence-corrected chi connectivity index (χ0v) is 11.1. The maximum absolute atomic E-state index is 10.0. The fourth-order valence-corrected chi connectivity index (χ4v) is 2.19. The van der Waals surface area contributed by atoms with Gasteiger partial charge in [-0.15, -0.1) is 0 Å². The number of hydrogen-bond acceptors (Lipinski definition) is 6. The highest BCUT2D eigenvalue weighted by atomic mass is 16.3. The molecule has 1 unspecified atom stereocenters. The predicted molar refractivity (Wildman–Crippen MR) is 74.6 cm³/mol. The van der Waals surface area contributed by atoms with Gasteiger partial charge < -0.3 is 30.6 Å². The van der Waals surface area contributed by atoms with Crippen molar-refractivity contribution in [1.29, 1.82) is 0 Å². The Bertz CT molecular complexity index is 609. The van der Waals surface area contributed by atoms with Crippen molar-refractivity contribution in [3.63, 3.8) is 0 Å². The molecule has 0 aromatic heterocycles. The third kappa shape index (κ3) is 3.70. The van der Waals surface area contributed by atoms with E-state index >= 15 is 0 Å². The van der Waals surface area contributed by atoms with E-state index in [1.807, 2.05) is 0 Å². The van der Waals surface area contributed by atoms with Gasteiger partial charge in [0.05, 0.1) is 6.10 Å². The van der Waals surface area contributed by atoms with Crippen LogP contribution in [0.1, 0.15) is 11.1 Å². The first-order valence-electron chi connectivity index (χ1n) is 6.29. The lowest BCUT2D eigenvalue weighted by molar-refractivity contribution is 0.173. The summed E-state index contributed by atoms with van der Waals surface area (Å²) in [4.78, 5) is 0. The van der Waals surface area contributed by atoms with Gasteiger partial charge in [0.1, 0.15) is 28.7 Å². The number of phenolic OH excluding ortho intramolecular Hbond substituents is 5. The molecule has 0 aliphatic rings. The van der Waals surface area contributed by atoms with E-state index in [9.17, 15) is 30.6 Å². The predicted octanol–water partition coefficient (Wildman–Crippen LogP) is 1.36. The number of aliphatic hydroxyl groups excluding tert-OH is 1. The molecule has 6 heteroatoms. The topological polar surface area (TPSA) is 121 Å². The maximum atomic E-state index is 10.0. The van der Waals surface area contributed by atoms with Crippen molar-refractivity contribution in [3.8, 4) is 28.7 Å². The quantitative estimate of drug-likeness (QED) is 0.506. The number of benzene rings is 2. The molecule has 0 saturated heterocycles. The summed E-state index contributed by atoms with van der Waals surface area (Å²) < 4.78 is 0. The van der Waals surface area contributed by atoms with Crippen molar-refractivity contribution >= 4 is 0 Å². The molecule has 0 aliphatic heterocycles. The molecule has 0 aliphatic carbocycles. The van der Waals surface area contributed by atoms with Crippen molar-refractivity contribution in [2.24, 2.45) is 0 Å². The van der Waals surface area contributed by atoms with Crippen LogP contribution in [0.15, 0.2) is 30.3 Å². The van der Waals surface area contributed by atoms with Gasteiger partial charge in [-0.1, -0.05) is 0 Å². The Morgan fingerprint density at radius 1 is 0.667 bits per heavy atom. The molecular formula is C15H16O6. The summed E-state index contributed by atoms with van der Waals surface area (Å²) in [6.45, 7) is 0. The van der Waals surface area contributed by atoms with Crippen LogP contribution >= 0.6 is 0 Å². The van der Waals surface area contributed by atoms with Crippen LogP contribution in [0.5, 0.6) is 28.7 Å². The van der Waals surface area contributed by atoms with Gasteiger partial charge in [-0.05, 0) is 24.1 Å². The summed E-state index contributed by atoms with van der Waals surface area (Å²) >= 11 is 0. The minimum absolute atomic E-state index is 0.0473. The van der Waals surface area contributed by atoms with Crippen molar-refractivity contribution in [2.75, 3.05) is 0 Å². The Kier molecular flexibility index (Phi) is 4.09. The Hall–Kier alpha value is -2.60. The summed E-state index contributed by atoms with van der Waals surface area (Å²) in [6.07, 6.45) is -0.886. The molecule has 112 valence electrons. The Morgan fingerprint density at radius 3 is 1.67 bits per heavy atom. The van der Waals surface area contributed by atoms with Gasteiger partial charge in [-0.25, -0.2) is 0 Å². The SMILES string of the molecule is Oc1cc(O)cc(CC(O)Cc2c(O)cc(O)cc2O)c1. The van der Waals surface area contributed by atoms with Crippen LogP contribution in [0, 0.1) is 0 Å². The summed E-state index contributed by atoms with van der Waals surface area (Å²) in [6, 6.07) is 6.12. The molecule has 2 aromatic carbocycles. The van der Waals surface area contributed by atoms with Crippen molar-refractivity contribution < 1.29 is 30.6 Å². The number of phenols is 5. The third-order valence-electron chi connectivity index (χ3n) is 3.06. The summed E-state index contributed by atoms with van der Waals surface area (Å²) in [5, 5.41) is 57.3. The molecule has 0 amide bonds. The van der Waals surface area contributed by atoms with Gasteiger partial charge in [0.2, 0.25) is 0 Å². The van der Waals surface area contributed by atoms with E-state index in [0.717, 1.165) is 12.1 Å². The number of aliphatic hydroxyl groups is 1. The second-order valence-corrected chi connectivity index (χ2v) is 4.88. The molecular weight excluding hydrogens is 276 g/mol. The van der Waals surface area contributed by atoms with Crippen LogP contribution in [0.4, 0.5) is 0 Å². The zero-order valence-electron chi connectivity index (χ0n) is 11.1. The smallest absolute Gasteiger partial charge is 0.126 e. The van der Waals surface area contributed by atoms with Crippen molar-refractivity contribution in [2.45, 2.75) is 18.9 Å². The molecule has 0 heterocycles. The van der Waals surface area contributed by atoms with Gasteiger partial charge in [0.25, 0.3) is 0 Å². The first kappa shape index (κ1) is 14.8. The number of rotatable bonds is 4. The minimum atomic E-state index is -0.951. The van der Waals surface area contributed by atoms with E-state index < -0.39 is 6.10 Å². The van der Waals surface area contributed by atoms with Crippen LogP contribution in [0.2, 0.25) is 0 Å². The second-order valence-electron chi connectivity index (χ2n) is 4.88. The first-order chi connectivity index (χ1) is 9.85. The molecule has 2 rings (SSSR count). The normalized spacial score (nSPS) is 12.2. The molecule has 6 nitrogen and oxygen atoms in total. The van der Waals surface area contributed by atoms with Gasteiger partial charge in [-0.2, -0.15) is 0 Å². The summed E-state index contributed by atoms with van der Waals surface area (Å²) in [5.74, 6) is -1.14. The fourth-order valence-electron chi connectivity index (χ4n) is 2.19. The van der Waals surface area contributed by atoms with E-state index in [1.54, 1.807) is 0 Å². The largest absolute Gasteiger partial charge is 0.508 e. The average Bonchev–Trinajstić information content (AvgIpc) is 2.32. The zero-order chi connectivity index (χ0) is 15.6. The lowest BCUT2D eigenvalue weighted by Crippen LogP contribution is -2.14. The maximum Gasteiger partial charge on any atom is 0.126 e. The van der Waals surface area contributed by atoms with Gasteiger partial charge in [0.15, 0.2) is 0 Å². The number of aromatic hydroxyl groups is 5.